The molecule has 1 fully saturated rings. The maximum atomic E-state index is 11.3. The Bertz CT molecular complexity index is 194. The summed E-state index contributed by atoms with van der Waals surface area (Å²) in [6.07, 6.45) is 4.56. The molecule has 1 saturated heterocycles. The van der Waals surface area contributed by atoms with Crippen LogP contribution in [0.25, 0.3) is 0 Å². The van der Waals surface area contributed by atoms with Crippen LogP contribution in [0.1, 0.15) is 32.6 Å². The summed E-state index contributed by atoms with van der Waals surface area (Å²) in [5.41, 5.74) is 0. The molecule has 1 aliphatic heterocycles. The normalized spacial score (nSPS) is 22.9. The van der Waals surface area contributed by atoms with Crippen molar-refractivity contribution in [3.63, 3.8) is 0 Å². The molecule has 0 N–H and O–H groups in total. The first kappa shape index (κ1) is 12.7. The van der Waals surface area contributed by atoms with Crippen LogP contribution in [0.5, 0.6) is 0 Å². The van der Waals surface area contributed by atoms with Gasteiger partial charge in [0.1, 0.15) is 5.78 Å². The molecule has 0 radical (unpaired) electrons. The predicted molar refractivity (Wildman–Crippen MR) is 61.0 cm³/mol. The van der Waals surface area contributed by atoms with E-state index in [1.807, 2.05) is 0 Å². The average molecular weight is 213 g/mol. The van der Waals surface area contributed by atoms with Crippen molar-refractivity contribution < 1.29 is 9.53 Å². The molecule has 3 heteroatoms. The SMILES string of the molecule is COCCCCN1CCCC(C(C)=O)C1. The van der Waals surface area contributed by atoms with Crippen molar-refractivity contribution in [3.8, 4) is 0 Å². The van der Waals surface area contributed by atoms with E-state index in [1.165, 1.54) is 12.8 Å². The number of carbonyl (C=O) groups excluding carboxylic acids is 1. The van der Waals surface area contributed by atoms with Crippen LogP contribution in [0.15, 0.2) is 0 Å². The van der Waals surface area contributed by atoms with E-state index in [2.05, 4.69) is 4.90 Å². The Morgan fingerprint density at radius 3 is 2.93 bits per heavy atom. The Morgan fingerprint density at radius 1 is 1.47 bits per heavy atom. The first-order chi connectivity index (χ1) is 7.24. The molecular formula is C12H23NO2. The van der Waals surface area contributed by atoms with E-state index in [9.17, 15) is 4.79 Å². The second-order valence-corrected chi connectivity index (χ2v) is 4.45. The summed E-state index contributed by atoms with van der Waals surface area (Å²) in [5.74, 6) is 0.651. The van der Waals surface area contributed by atoms with E-state index >= 15 is 0 Å². The Labute approximate surface area is 92.8 Å². The lowest BCUT2D eigenvalue weighted by Crippen LogP contribution is -2.38. The van der Waals surface area contributed by atoms with Crippen LogP contribution in [-0.2, 0) is 9.53 Å². The van der Waals surface area contributed by atoms with Gasteiger partial charge in [-0.1, -0.05) is 0 Å². The quantitative estimate of drug-likeness (QED) is 0.629. The highest BCUT2D eigenvalue weighted by molar-refractivity contribution is 5.78. The number of nitrogens with zero attached hydrogens (tertiary/aromatic N) is 1. The lowest BCUT2D eigenvalue weighted by molar-refractivity contribution is -0.122. The monoisotopic (exact) mass is 213 g/mol. The minimum absolute atomic E-state index is 0.293. The van der Waals surface area contributed by atoms with Gasteiger partial charge in [0.15, 0.2) is 0 Å². The number of Topliss-reactive ketones (excluding diaryl/α,β-unsaturated/α-hetero) is 1. The number of hydrogen-bond donors (Lipinski definition) is 0. The van der Waals surface area contributed by atoms with Gasteiger partial charge in [0.2, 0.25) is 0 Å². The summed E-state index contributed by atoms with van der Waals surface area (Å²) >= 11 is 0. The zero-order valence-electron chi connectivity index (χ0n) is 10.00. The summed E-state index contributed by atoms with van der Waals surface area (Å²) in [7, 11) is 1.74. The van der Waals surface area contributed by atoms with Gasteiger partial charge in [-0.3, -0.25) is 4.79 Å². The summed E-state index contributed by atoms with van der Waals surface area (Å²) in [5, 5.41) is 0. The van der Waals surface area contributed by atoms with Crippen molar-refractivity contribution in [3.05, 3.63) is 0 Å². The Balaban J connectivity index is 2.15. The fourth-order valence-electron chi connectivity index (χ4n) is 2.17. The molecule has 0 bridgehead atoms. The topological polar surface area (TPSA) is 29.5 Å². The van der Waals surface area contributed by atoms with E-state index in [-0.39, 0.29) is 0 Å². The van der Waals surface area contributed by atoms with Gasteiger partial charge < -0.3 is 9.64 Å². The van der Waals surface area contributed by atoms with Crippen molar-refractivity contribution in [1.29, 1.82) is 0 Å². The van der Waals surface area contributed by atoms with Crippen LogP contribution in [0.3, 0.4) is 0 Å². The van der Waals surface area contributed by atoms with Crippen LogP contribution >= 0.6 is 0 Å². The van der Waals surface area contributed by atoms with E-state index in [0.29, 0.717) is 11.7 Å². The lowest BCUT2D eigenvalue weighted by Gasteiger charge is -2.31. The maximum absolute atomic E-state index is 11.3. The third-order valence-corrected chi connectivity index (χ3v) is 3.15. The highest BCUT2D eigenvalue weighted by Gasteiger charge is 2.22. The van der Waals surface area contributed by atoms with Gasteiger partial charge in [-0.15, -0.1) is 0 Å². The number of ketones is 1. The first-order valence-corrected chi connectivity index (χ1v) is 5.95. The molecular weight excluding hydrogens is 190 g/mol. The van der Waals surface area contributed by atoms with Crippen LogP contribution in [0, 0.1) is 5.92 Å². The van der Waals surface area contributed by atoms with Gasteiger partial charge in [0.25, 0.3) is 0 Å². The molecule has 0 aromatic heterocycles. The number of likely N-dealkylation sites (tertiary alicyclic amines) is 1. The summed E-state index contributed by atoms with van der Waals surface area (Å²) in [6.45, 7) is 5.83. The standard InChI is InChI=1S/C12H23NO2/c1-11(14)12-6-5-8-13(10-12)7-3-4-9-15-2/h12H,3-10H2,1-2H3. The van der Waals surface area contributed by atoms with E-state index in [0.717, 1.165) is 39.1 Å². The zero-order chi connectivity index (χ0) is 11.1. The predicted octanol–water partition coefficient (Wildman–Crippen LogP) is 1.71. The van der Waals surface area contributed by atoms with E-state index in [4.69, 9.17) is 4.74 Å². The van der Waals surface area contributed by atoms with Gasteiger partial charge in [-0.2, -0.15) is 0 Å². The van der Waals surface area contributed by atoms with Crippen LogP contribution < -0.4 is 0 Å². The minimum atomic E-state index is 0.293. The fraction of sp³-hybridized carbons (Fsp3) is 0.917. The van der Waals surface area contributed by atoms with Gasteiger partial charge >= 0.3 is 0 Å². The van der Waals surface area contributed by atoms with Crippen molar-refractivity contribution in [2.75, 3.05) is 33.4 Å². The molecule has 0 amide bonds. The van der Waals surface area contributed by atoms with Crippen LogP contribution in [-0.4, -0.2) is 44.0 Å². The number of rotatable bonds is 6. The average Bonchev–Trinajstić information content (AvgIpc) is 2.25. The largest absolute Gasteiger partial charge is 0.385 e. The molecule has 15 heavy (non-hydrogen) atoms. The molecule has 1 atom stereocenters. The molecule has 88 valence electrons. The molecule has 1 aliphatic rings. The lowest BCUT2D eigenvalue weighted by atomic mass is 9.94. The second-order valence-electron chi connectivity index (χ2n) is 4.45. The third kappa shape index (κ3) is 4.76. The highest BCUT2D eigenvalue weighted by Crippen LogP contribution is 2.17. The Hall–Kier alpha value is -0.410. The smallest absolute Gasteiger partial charge is 0.134 e. The number of piperidine rings is 1. The van der Waals surface area contributed by atoms with Crippen molar-refractivity contribution in [2.45, 2.75) is 32.6 Å². The van der Waals surface area contributed by atoms with Crippen molar-refractivity contribution in [2.24, 2.45) is 5.92 Å². The van der Waals surface area contributed by atoms with Crippen molar-refractivity contribution in [1.82, 2.24) is 4.90 Å². The molecule has 1 rings (SSSR count). The Morgan fingerprint density at radius 2 is 2.27 bits per heavy atom. The second kappa shape index (κ2) is 6.96. The van der Waals surface area contributed by atoms with Gasteiger partial charge in [0, 0.05) is 26.2 Å². The first-order valence-electron chi connectivity index (χ1n) is 5.95. The summed E-state index contributed by atoms with van der Waals surface area (Å²) in [6, 6.07) is 0. The van der Waals surface area contributed by atoms with Crippen LogP contribution in [0.4, 0.5) is 0 Å². The molecule has 0 saturated carbocycles. The number of hydrogen-bond acceptors (Lipinski definition) is 3. The number of ether oxygens (including phenoxy) is 1. The maximum Gasteiger partial charge on any atom is 0.134 e. The number of carbonyl (C=O) groups is 1. The highest BCUT2D eigenvalue weighted by atomic mass is 16.5. The third-order valence-electron chi connectivity index (χ3n) is 3.15. The molecule has 0 aromatic rings. The minimum Gasteiger partial charge on any atom is -0.385 e. The van der Waals surface area contributed by atoms with Crippen molar-refractivity contribution >= 4 is 5.78 Å². The van der Waals surface area contributed by atoms with Crippen LogP contribution in [0.2, 0.25) is 0 Å². The van der Waals surface area contributed by atoms with Gasteiger partial charge in [-0.25, -0.2) is 0 Å². The Kier molecular flexibility index (Phi) is 5.88. The van der Waals surface area contributed by atoms with Gasteiger partial charge in [0.05, 0.1) is 0 Å². The molecule has 3 nitrogen and oxygen atoms in total. The zero-order valence-corrected chi connectivity index (χ0v) is 10.00. The molecule has 0 aliphatic carbocycles. The summed E-state index contributed by atoms with van der Waals surface area (Å²) in [4.78, 5) is 13.7. The van der Waals surface area contributed by atoms with Gasteiger partial charge in [-0.05, 0) is 45.7 Å². The molecule has 1 heterocycles. The molecule has 1 unspecified atom stereocenters. The molecule has 0 spiro atoms. The van der Waals surface area contributed by atoms with E-state index < -0.39 is 0 Å². The fourth-order valence-corrected chi connectivity index (χ4v) is 2.17. The summed E-state index contributed by atoms with van der Waals surface area (Å²) < 4.78 is 5.02. The number of unbranched alkanes of at least 4 members (excludes halogenated alkanes) is 1. The number of methoxy groups -OCH3 is 1. The van der Waals surface area contributed by atoms with E-state index in [1.54, 1.807) is 14.0 Å². The molecule has 0 aromatic carbocycles.